The highest BCUT2D eigenvalue weighted by atomic mass is 32.1. The van der Waals surface area contributed by atoms with Crippen molar-refractivity contribution in [3.05, 3.63) is 69.9 Å². The van der Waals surface area contributed by atoms with E-state index in [-0.39, 0.29) is 5.56 Å². The van der Waals surface area contributed by atoms with Crippen LogP contribution in [0.1, 0.15) is 12.5 Å². The Kier molecular flexibility index (Phi) is 7.42. The molecule has 1 heterocycles. The monoisotopic (exact) mass is 459 g/mol. The summed E-state index contributed by atoms with van der Waals surface area (Å²) in [7, 11) is 4.57. The van der Waals surface area contributed by atoms with Gasteiger partial charge in [0.05, 0.1) is 45.3 Å². The van der Waals surface area contributed by atoms with E-state index in [9.17, 15) is 8.78 Å². The number of benzene rings is 2. The van der Waals surface area contributed by atoms with Gasteiger partial charge in [-0.25, -0.2) is 13.5 Å². The van der Waals surface area contributed by atoms with Gasteiger partial charge < -0.3 is 14.2 Å². The molecule has 0 bridgehead atoms. The van der Waals surface area contributed by atoms with Gasteiger partial charge in [-0.3, -0.25) is 4.99 Å². The highest BCUT2D eigenvalue weighted by Crippen LogP contribution is 2.41. The first-order valence-corrected chi connectivity index (χ1v) is 10.4. The molecule has 2 aromatic carbocycles. The van der Waals surface area contributed by atoms with Crippen LogP contribution in [0.25, 0.3) is 11.3 Å². The van der Waals surface area contributed by atoms with Crippen molar-refractivity contribution in [3.63, 3.8) is 0 Å². The Labute approximate surface area is 188 Å². The standard InChI is InChI=1S/C23H23F2N3O3S/c1-14(2)11-26-23-28(27-12-16-17(24)7-6-8-18(16)25)19(13-32-23)15-9-20(29-3)22(31-5)21(10-15)30-4/h6-10,12-13H,1,11H2,2-5H3. The van der Waals surface area contributed by atoms with Gasteiger partial charge in [-0.15, -0.1) is 11.3 Å². The maximum absolute atomic E-state index is 14.1. The Balaban J connectivity index is 2.21. The molecule has 9 heteroatoms. The van der Waals surface area contributed by atoms with E-state index in [4.69, 9.17) is 14.2 Å². The van der Waals surface area contributed by atoms with Gasteiger partial charge in [0.25, 0.3) is 0 Å². The minimum atomic E-state index is -0.709. The van der Waals surface area contributed by atoms with E-state index < -0.39 is 11.6 Å². The first-order chi connectivity index (χ1) is 15.4. The average molecular weight is 460 g/mol. The minimum absolute atomic E-state index is 0.243. The zero-order valence-electron chi connectivity index (χ0n) is 18.2. The van der Waals surface area contributed by atoms with E-state index in [0.717, 1.165) is 11.8 Å². The molecule has 0 fully saturated rings. The highest BCUT2D eigenvalue weighted by molar-refractivity contribution is 7.07. The third-order valence-corrected chi connectivity index (χ3v) is 5.29. The van der Waals surface area contributed by atoms with Crippen LogP contribution in [0.4, 0.5) is 8.78 Å². The van der Waals surface area contributed by atoms with Crippen LogP contribution < -0.4 is 19.0 Å². The van der Waals surface area contributed by atoms with Crippen molar-refractivity contribution in [2.45, 2.75) is 6.92 Å². The van der Waals surface area contributed by atoms with Gasteiger partial charge in [-0.2, -0.15) is 5.10 Å². The lowest BCUT2D eigenvalue weighted by atomic mass is 10.1. The normalized spacial score (nSPS) is 11.8. The predicted octanol–water partition coefficient (Wildman–Crippen LogP) is 4.88. The van der Waals surface area contributed by atoms with E-state index in [2.05, 4.69) is 16.7 Å². The van der Waals surface area contributed by atoms with Crippen molar-refractivity contribution >= 4 is 17.6 Å². The minimum Gasteiger partial charge on any atom is -0.493 e. The van der Waals surface area contributed by atoms with Gasteiger partial charge in [0.2, 0.25) is 10.6 Å². The Bertz CT molecular complexity index is 1190. The Morgan fingerprint density at radius 2 is 1.72 bits per heavy atom. The summed E-state index contributed by atoms with van der Waals surface area (Å²) in [5, 5.41) is 6.19. The number of nitrogens with zero attached hydrogens (tertiary/aromatic N) is 3. The molecule has 0 atom stereocenters. The molecule has 0 saturated carbocycles. The van der Waals surface area contributed by atoms with Crippen LogP contribution in [0.5, 0.6) is 17.2 Å². The molecule has 168 valence electrons. The fraction of sp³-hybridized carbons (Fsp3) is 0.217. The molecule has 3 rings (SSSR count). The fourth-order valence-electron chi connectivity index (χ4n) is 2.90. The second kappa shape index (κ2) is 10.2. The van der Waals surface area contributed by atoms with E-state index >= 15 is 0 Å². The SMILES string of the molecule is C=C(C)CN=c1scc(-c2cc(OC)c(OC)c(OC)c2)n1N=Cc1c(F)cccc1F. The lowest BCUT2D eigenvalue weighted by Gasteiger charge is -2.14. The lowest BCUT2D eigenvalue weighted by Crippen LogP contribution is -2.13. The molecule has 3 aromatic rings. The second-order valence-electron chi connectivity index (χ2n) is 6.78. The molecule has 0 N–H and O–H groups in total. The molecule has 0 spiro atoms. The van der Waals surface area contributed by atoms with Crippen LogP contribution in [0.3, 0.4) is 0 Å². The fourth-order valence-corrected chi connectivity index (χ4v) is 3.74. The molecule has 0 aliphatic heterocycles. The van der Waals surface area contributed by atoms with Crippen LogP contribution in [0, 0.1) is 11.6 Å². The topological polar surface area (TPSA) is 57.3 Å². The smallest absolute Gasteiger partial charge is 0.206 e. The summed E-state index contributed by atoms with van der Waals surface area (Å²) in [5.74, 6) is -0.0448. The van der Waals surface area contributed by atoms with E-state index in [1.165, 1.54) is 55.5 Å². The third kappa shape index (κ3) is 4.88. The number of hydrogen-bond acceptors (Lipinski definition) is 6. The molecule has 6 nitrogen and oxygen atoms in total. The first-order valence-electron chi connectivity index (χ1n) is 9.53. The number of ether oxygens (including phenoxy) is 3. The van der Waals surface area contributed by atoms with Crippen molar-refractivity contribution in [1.29, 1.82) is 0 Å². The molecule has 0 saturated heterocycles. The van der Waals surface area contributed by atoms with Crippen molar-refractivity contribution in [2.75, 3.05) is 27.9 Å². The molecular weight excluding hydrogens is 436 g/mol. The van der Waals surface area contributed by atoms with E-state index in [1.807, 2.05) is 12.3 Å². The van der Waals surface area contributed by atoms with Gasteiger partial charge in [0, 0.05) is 10.9 Å². The Morgan fingerprint density at radius 1 is 1.09 bits per heavy atom. The molecule has 32 heavy (non-hydrogen) atoms. The molecule has 1 aromatic heterocycles. The van der Waals surface area contributed by atoms with E-state index in [0.29, 0.717) is 39.9 Å². The average Bonchev–Trinajstić information content (AvgIpc) is 3.19. The van der Waals surface area contributed by atoms with E-state index in [1.54, 1.807) is 12.1 Å². The summed E-state index contributed by atoms with van der Waals surface area (Å²) < 4.78 is 46.0. The molecule has 0 aliphatic carbocycles. The summed E-state index contributed by atoms with van der Waals surface area (Å²) in [4.78, 5) is 5.05. The van der Waals surface area contributed by atoms with Crippen LogP contribution in [-0.4, -0.2) is 38.8 Å². The van der Waals surface area contributed by atoms with Crippen molar-refractivity contribution < 1.29 is 23.0 Å². The first kappa shape index (κ1) is 23.2. The maximum atomic E-state index is 14.1. The van der Waals surface area contributed by atoms with Crippen LogP contribution in [0.15, 0.2) is 58.0 Å². The maximum Gasteiger partial charge on any atom is 0.206 e. The van der Waals surface area contributed by atoms with Crippen molar-refractivity contribution in [2.24, 2.45) is 10.1 Å². The predicted molar refractivity (Wildman–Crippen MR) is 122 cm³/mol. The van der Waals surface area contributed by atoms with Crippen molar-refractivity contribution in [3.8, 4) is 28.5 Å². The van der Waals surface area contributed by atoms with Gasteiger partial charge in [-0.1, -0.05) is 18.2 Å². The number of hydrogen-bond donors (Lipinski definition) is 0. The highest BCUT2D eigenvalue weighted by Gasteiger charge is 2.17. The quantitative estimate of drug-likeness (QED) is 0.356. The number of methoxy groups -OCH3 is 3. The van der Waals surface area contributed by atoms with Crippen LogP contribution >= 0.6 is 11.3 Å². The summed E-state index contributed by atoms with van der Waals surface area (Å²) in [6.07, 6.45) is 1.14. The van der Waals surface area contributed by atoms with Gasteiger partial charge in [0.1, 0.15) is 11.6 Å². The van der Waals surface area contributed by atoms with Gasteiger partial charge >= 0.3 is 0 Å². The molecule has 0 unspecified atom stereocenters. The zero-order chi connectivity index (χ0) is 23.3. The summed E-state index contributed by atoms with van der Waals surface area (Å²) >= 11 is 1.33. The largest absolute Gasteiger partial charge is 0.493 e. The third-order valence-electron chi connectivity index (χ3n) is 4.43. The lowest BCUT2D eigenvalue weighted by molar-refractivity contribution is 0.324. The molecule has 0 aliphatic rings. The molecular formula is C23H23F2N3O3S. The zero-order valence-corrected chi connectivity index (χ0v) is 19.0. The number of halogens is 2. The second-order valence-corrected chi connectivity index (χ2v) is 7.62. The van der Waals surface area contributed by atoms with Gasteiger partial charge in [-0.05, 0) is 31.2 Å². The number of thiazole rings is 1. The molecule has 0 amide bonds. The summed E-state index contributed by atoms with van der Waals surface area (Å²) in [5.41, 5.74) is 1.94. The molecule has 0 radical (unpaired) electrons. The van der Waals surface area contributed by atoms with Gasteiger partial charge in [0.15, 0.2) is 11.5 Å². The van der Waals surface area contributed by atoms with Crippen LogP contribution in [0.2, 0.25) is 0 Å². The van der Waals surface area contributed by atoms with Crippen LogP contribution in [-0.2, 0) is 0 Å². The summed E-state index contributed by atoms with van der Waals surface area (Å²) in [6, 6.07) is 7.18. The summed E-state index contributed by atoms with van der Waals surface area (Å²) in [6.45, 7) is 6.11. The number of aromatic nitrogens is 1. The van der Waals surface area contributed by atoms with Crippen molar-refractivity contribution in [1.82, 2.24) is 4.68 Å². The Hall–Kier alpha value is -3.46. The number of rotatable bonds is 8. The Morgan fingerprint density at radius 3 is 2.25 bits per heavy atom.